The molecule has 1 atom stereocenters. The van der Waals surface area contributed by atoms with Gasteiger partial charge in [-0.3, -0.25) is 0 Å². The molecule has 0 aromatic rings. The van der Waals surface area contributed by atoms with Crippen molar-refractivity contribution in [3.05, 3.63) is 117 Å². The maximum atomic E-state index is 10.1. The maximum Gasteiger partial charge on any atom is 0.0800 e. The van der Waals surface area contributed by atoms with E-state index in [0.717, 1.165) is 70.6 Å². The van der Waals surface area contributed by atoms with Gasteiger partial charge in [0.15, 0.2) is 0 Å². The van der Waals surface area contributed by atoms with E-state index in [1.54, 1.807) is 6.08 Å². The van der Waals surface area contributed by atoms with Gasteiger partial charge in [-0.25, -0.2) is 0 Å². The van der Waals surface area contributed by atoms with Gasteiger partial charge in [-0.1, -0.05) is 111 Å². The van der Waals surface area contributed by atoms with E-state index >= 15 is 0 Å². The van der Waals surface area contributed by atoms with Gasteiger partial charge < -0.3 is 5.11 Å². The fourth-order valence-corrected chi connectivity index (χ4v) is 5.94. The van der Waals surface area contributed by atoms with Crippen molar-refractivity contribution < 1.29 is 5.11 Å². The molecule has 0 aliphatic carbocycles. The van der Waals surface area contributed by atoms with Crippen molar-refractivity contribution >= 4 is 0 Å². The average Bonchev–Trinajstić information content (AvgIpc) is 3.04. The fourth-order valence-electron chi connectivity index (χ4n) is 5.94. The zero-order valence-corrected chi connectivity index (χ0v) is 35.7. The topological polar surface area (TPSA) is 20.2 Å². The molecule has 0 radical (unpaired) electrons. The van der Waals surface area contributed by atoms with Crippen LogP contribution >= 0.6 is 0 Å². The van der Waals surface area contributed by atoms with Crippen LogP contribution in [0.25, 0.3) is 0 Å². The lowest BCUT2D eigenvalue weighted by molar-refractivity contribution is 0.103. The van der Waals surface area contributed by atoms with Crippen LogP contribution in [0.15, 0.2) is 117 Å². The minimum absolute atomic E-state index is 0.731. The van der Waals surface area contributed by atoms with Crippen LogP contribution in [0.3, 0.4) is 0 Å². The third kappa shape index (κ3) is 31.8. The summed E-state index contributed by atoms with van der Waals surface area (Å²) >= 11 is 0. The summed E-state index contributed by atoms with van der Waals surface area (Å²) in [6, 6.07) is 0. The van der Waals surface area contributed by atoms with Crippen LogP contribution < -0.4 is 0 Å². The smallest absolute Gasteiger partial charge is 0.0800 e. The van der Waals surface area contributed by atoms with Gasteiger partial charge in [-0.2, -0.15) is 0 Å². The van der Waals surface area contributed by atoms with E-state index in [4.69, 9.17) is 0 Å². The van der Waals surface area contributed by atoms with Crippen LogP contribution in [-0.4, -0.2) is 10.7 Å². The van der Waals surface area contributed by atoms with Crippen molar-refractivity contribution in [2.75, 3.05) is 0 Å². The summed E-state index contributed by atoms with van der Waals surface area (Å²) < 4.78 is 0. The molecule has 0 aliphatic rings. The number of allylic oxidation sites excluding steroid dienone is 18. The minimum Gasteiger partial charge on any atom is -0.386 e. The molecule has 1 unspecified atom stereocenters. The first-order valence-electron chi connectivity index (χ1n) is 20.4. The first kappa shape index (κ1) is 48.4. The molecule has 1 heteroatoms. The van der Waals surface area contributed by atoms with E-state index in [-0.39, 0.29) is 0 Å². The van der Waals surface area contributed by atoms with Crippen LogP contribution in [0.4, 0.5) is 0 Å². The highest BCUT2D eigenvalue weighted by Crippen LogP contribution is 2.19. The Balaban J connectivity index is 4.25. The van der Waals surface area contributed by atoms with Gasteiger partial charge >= 0.3 is 0 Å². The van der Waals surface area contributed by atoms with Gasteiger partial charge in [0.05, 0.1) is 5.60 Å². The second kappa shape index (κ2) is 29.9. The van der Waals surface area contributed by atoms with Gasteiger partial charge in [0.1, 0.15) is 0 Å². The van der Waals surface area contributed by atoms with Crippen molar-refractivity contribution in [2.24, 2.45) is 0 Å². The van der Waals surface area contributed by atoms with E-state index in [1.807, 2.05) is 6.92 Å². The summed E-state index contributed by atoms with van der Waals surface area (Å²) in [7, 11) is 0. The predicted molar refractivity (Wildman–Crippen MR) is 233 cm³/mol. The summed E-state index contributed by atoms with van der Waals surface area (Å²) in [6.07, 6.45) is 43.4. The minimum atomic E-state index is -0.761. The molecule has 0 saturated carbocycles. The fraction of sp³-hybridized carbons (Fsp3) is 0.600. The zero-order valence-electron chi connectivity index (χ0n) is 35.7. The molecule has 1 nitrogen and oxygen atoms in total. The number of rotatable bonds is 28. The second-order valence-corrected chi connectivity index (χ2v) is 16.1. The summed E-state index contributed by atoms with van der Waals surface area (Å²) in [5.41, 5.74) is 12.7. The first-order valence-corrected chi connectivity index (χ1v) is 20.4. The third-order valence-corrected chi connectivity index (χ3v) is 9.89. The van der Waals surface area contributed by atoms with E-state index < -0.39 is 5.60 Å². The Morgan fingerprint density at radius 3 is 0.765 bits per heavy atom. The lowest BCUT2D eigenvalue weighted by Gasteiger charge is -2.16. The highest BCUT2D eigenvalue weighted by Gasteiger charge is 2.13. The van der Waals surface area contributed by atoms with Crippen molar-refractivity contribution in [1.29, 1.82) is 0 Å². The van der Waals surface area contributed by atoms with Crippen LogP contribution in [0.1, 0.15) is 192 Å². The maximum absolute atomic E-state index is 10.1. The Morgan fingerprint density at radius 1 is 0.373 bits per heavy atom. The van der Waals surface area contributed by atoms with Gasteiger partial charge in [0.2, 0.25) is 0 Å². The first-order chi connectivity index (χ1) is 24.1. The Kier molecular flexibility index (Phi) is 28.3. The molecule has 1 N–H and O–H groups in total. The second-order valence-electron chi connectivity index (χ2n) is 16.1. The molecule has 51 heavy (non-hydrogen) atoms. The molecule has 288 valence electrons. The molecule has 0 fully saturated rings. The molecule has 0 bridgehead atoms. The number of hydrogen-bond acceptors (Lipinski definition) is 1. The number of hydrogen-bond donors (Lipinski definition) is 1. The van der Waals surface area contributed by atoms with Crippen molar-refractivity contribution in [1.82, 2.24) is 0 Å². The van der Waals surface area contributed by atoms with Crippen LogP contribution in [0.2, 0.25) is 0 Å². The van der Waals surface area contributed by atoms with Gasteiger partial charge in [-0.15, -0.1) is 6.58 Å². The average molecular weight is 699 g/mol. The van der Waals surface area contributed by atoms with E-state index in [0.29, 0.717) is 0 Å². The molecule has 0 aromatic heterocycles. The zero-order chi connectivity index (χ0) is 38.5. The molecule has 0 aliphatic heterocycles. The largest absolute Gasteiger partial charge is 0.386 e. The highest BCUT2D eigenvalue weighted by molar-refractivity contribution is 5.11. The Labute approximate surface area is 319 Å². The Morgan fingerprint density at radius 2 is 0.569 bits per heavy atom. The standard InChI is InChI=1S/C50H82O/c1-13-50(12,51)40-22-39-49(11)38-21-37-48(10)36-20-35-47(9)34-19-33-46(8)32-18-31-45(7)30-17-29-44(6)28-16-27-43(5)26-15-25-42(4)24-14-23-41(2)3/h13,23,25,27,29,31,33,35,37,39,51H,1,14-22,24,26,28,30,32,34,36,38,40H2,2-12H3. The molecule has 0 spiro atoms. The predicted octanol–water partition coefficient (Wildman–Crippen LogP) is 16.5. The molecular weight excluding hydrogens is 617 g/mol. The van der Waals surface area contributed by atoms with E-state index in [1.165, 1.54) is 95.1 Å². The third-order valence-electron chi connectivity index (χ3n) is 9.89. The van der Waals surface area contributed by atoms with Gasteiger partial charge in [-0.05, 0) is 192 Å². The van der Waals surface area contributed by atoms with Crippen LogP contribution in [-0.2, 0) is 0 Å². The van der Waals surface area contributed by atoms with Gasteiger partial charge in [0, 0.05) is 0 Å². The molecule has 0 heterocycles. The van der Waals surface area contributed by atoms with Crippen molar-refractivity contribution in [3.63, 3.8) is 0 Å². The monoisotopic (exact) mass is 699 g/mol. The van der Waals surface area contributed by atoms with Crippen LogP contribution in [0.5, 0.6) is 0 Å². The molecule has 0 aromatic carbocycles. The van der Waals surface area contributed by atoms with E-state index in [2.05, 4.69) is 131 Å². The molecule has 0 amide bonds. The normalized spacial score (nSPS) is 15.7. The molecular formula is C50H82O. The van der Waals surface area contributed by atoms with Crippen LogP contribution in [0, 0.1) is 0 Å². The summed E-state index contributed by atoms with van der Waals surface area (Å²) in [5.74, 6) is 0. The quantitative estimate of drug-likeness (QED) is 0.0807. The number of aliphatic hydroxyl groups is 1. The SMILES string of the molecule is C=CC(C)(O)CCC=C(C)CCC=C(C)CCC=C(C)CCC=C(C)CCC=C(C)CCC=C(C)CCC=C(C)CCC=C(C)CCC=C(C)C. The summed E-state index contributed by atoms with van der Waals surface area (Å²) in [6.45, 7) is 28.1. The van der Waals surface area contributed by atoms with Gasteiger partial charge in [0.25, 0.3) is 0 Å². The van der Waals surface area contributed by atoms with Crippen molar-refractivity contribution in [2.45, 2.75) is 197 Å². The summed E-state index contributed by atoms with van der Waals surface area (Å²) in [5, 5.41) is 10.1. The Hall–Kier alpha value is -2.64. The van der Waals surface area contributed by atoms with E-state index in [9.17, 15) is 5.11 Å². The molecule has 0 saturated heterocycles. The molecule has 0 rings (SSSR count). The summed E-state index contributed by atoms with van der Waals surface area (Å²) in [4.78, 5) is 0. The lowest BCUT2D eigenvalue weighted by atomic mass is 9.99. The van der Waals surface area contributed by atoms with Crippen molar-refractivity contribution in [3.8, 4) is 0 Å². The highest BCUT2D eigenvalue weighted by atomic mass is 16.3. The lowest BCUT2D eigenvalue weighted by Crippen LogP contribution is -2.19. The Bertz CT molecular complexity index is 1260.